The summed E-state index contributed by atoms with van der Waals surface area (Å²) in [4.78, 5) is 11.5. The van der Waals surface area contributed by atoms with Gasteiger partial charge in [-0.05, 0) is 19.1 Å². The third kappa shape index (κ3) is 4.58. The van der Waals surface area contributed by atoms with Crippen LogP contribution in [0.3, 0.4) is 0 Å². The van der Waals surface area contributed by atoms with E-state index in [0.717, 1.165) is 11.7 Å². The van der Waals surface area contributed by atoms with Crippen molar-refractivity contribution < 1.29 is 26.4 Å². The third-order valence-corrected chi connectivity index (χ3v) is 5.57. The molecule has 0 aromatic rings. The van der Waals surface area contributed by atoms with Gasteiger partial charge in [0.25, 0.3) is 0 Å². The van der Waals surface area contributed by atoms with Crippen LogP contribution in [-0.4, -0.2) is 47.0 Å². The number of rotatable bonds is 5. The van der Waals surface area contributed by atoms with Gasteiger partial charge >= 0.3 is 5.97 Å². The van der Waals surface area contributed by atoms with Crippen molar-refractivity contribution in [2.75, 3.05) is 12.9 Å². The van der Waals surface area contributed by atoms with Crippen LogP contribution in [0.4, 0.5) is 0 Å². The van der Waals surface area contributed by atoms with Crippen molar-refractivity contribution in [1.29, 1.82) is 0 Å². The first kappa shape index (κ1) is 17.5. The van der Waals surface area contributed by atoms with Crippen molar-refractivity contribution in [3.63, 3.8) is 0 Å². The van der Waals surface area contributed by atoms with E-state index in [-0.39, 0.29) is 24.4 Å². The molecule has 0 saturated carbocycles. The fraction of sp³-hybridized carbons (Fsp3) is 0.462. The first-order valence-electron chi connectivity index (χ1n) is 6.85. The van der Waals surface area contributed by atoms with Crippen LogP contribution in [0.1, 0.15) is 13.3 Å². The van der Waals surface area contributed by atoms with Crippen molar-refractivity contribution >= 4 is 25.8 Å². The molecule has 8 nitrogen and oxygen atoms in total. The average Bonchev–Trinajstić information content (AvgIpc) is 2.37. The minimum Gasteiger partial charge on any atom is -0.466 e. The second-order valence-corrected chi connectivity index (χ2v) is 8.91. The van der Waals surface area contributed by atoms with E-state index in [1.54, 1.807) is 13.0 Å². The van der Waals surface area contributed by atoms with Gasteiger partial charge in [-0.1, -0.05) is 6.08 Å². The zero-order valence-corrected chi connectivity index (χ0v) is 14.3. The van der Waals surface area contributed by atoms with E-state index in [0.29, 0.717) is 0 Å². The van der Waals surface area contributed by atoms with Crippen molar-refractivity contribution in [1.82, 2.24) is 10.0 Å². The summed E-state index contributed by atoms with van der Waals surface area (Å²) in [5, 5.41) is 3.01. The maximum atomic E-state index is 12.4. The number of sulfonamides is 1. The van der Waals surface area contributed by atoms with Crippen LogP contribution in [0.5, 0.6) is 0 Å². The minimum atomic E-state index is -3.68. The van der Waals surface area contributed by atoms with E-state index in [4.69, 9.17) is 4.74 Å². The van der Waals surface area contributed by atoms with Crippen molar-refractivity contribution in [3.05, 3.63) is 35.0 Å². The Balaban J connectivity index is 2.24. The quantitative estimate of drug-likeness (QED) is 0.635. The number of sulfone groups is 1. The third-order valence-electron chi connectivity index (χ3n) is 3.16. The largest absolute Gasteiger partial charge is 0.466 e. The Morgan fingerprint density at radius 2 is 2.13 bits per heavy atom. The standard InChI is InChI=1S/C13H18N2O6S2/c1-3-21-13(16)7-10-8-23(19,20)12-6-9(15-22(2,17)18)4-5-11(12)14-10/h4-6,8,11-12,14-15H,3,7H2,1-2H3. The molecule has 0 radical (unpaired) electrons. The van der Waals surface area contributed by atoms with Gasteiger partial charge in [-0.25, -0.2) is 16.8 Å². The molecular formula is C13H18N2O6S2. The summed E-state index contributed by atoms with van der Waals surface area (Å²) in [7, 11) is -7.17. The monoisotopic (exact) mass is 362 g/mol. The van der Waals surface area contributed by atoms with E-state index < -0.39 is 37.1 Å². The number of hydrogen-bond acceptors (Lipinski definition) is 7. The van der Waals surface area contributed by atoms with Crippen LogP contribution in [0.15, 0.2) is 35.0 Å². The number of carbonyl (C=O) groups is 1. The maximum Gasteiger partial charge on any atom is 0.311 e. The molecule has 128 valence electrons. The normalized spacial score (nSPS) is 25.5. The molecule has 1 aliphatic heterocycles. The van der Waals surface area contributed by atoms with E-state index in [1.165, 1.54) is 12.2 Å². The molecule has 2 unspecified atom stereocenters. The van der Waals surface area contributed by atoms with Crippen LogP contribution in [0.2, 0.25) is 0 Å². The van der Waals surface area contributed by atoms with Gasteiger partial charge in [0.05, 0.1) is 30.7 Å². The van der Waals surface area contributed by atoms with Crippen molar-refractivity contribution in [2.24, 2.45) is 0 Å². The summed E-state index contributed by atoms with van der Waals surface area (Å²) >= 11 is 0. The number of esters is 1. The number of fused-ring (bicyclic) bond motifs is 1. The van der Waals surface area contributed by atoms with Crippen molar-refractivity contribution in [3.8, 4) is 0 Å². The topological polar surface area (TPSA) is 119 Å². The molecule has 0 amide bonds. The van der Waals surface area contributed by atoms with E-state index in [9.17, 15) is 21.6 Å². The lowest BCUT2D eigenvalue weighted by molar-refractivity contribution is -0.142. The summed E-state index contributed by atoms with van der Waals surface area (Å²) in [6.45, 7) is 1.88. The highest BCUT2D eigenvalue weighted by Gasteiger charge is 2.36. The molecule has 0 bridgehead atoms. The van der Waals surface area contributed by atoms with Crippen LogP contribution in [0, 0.1) is 0 Å². The predicted molar refractivity (Wildman–Crippen MR) is 84.2 cm³/mol. The first-order valence-corrected chi connectivity index (χ1v) is 10.4. The fourth-order valence-electron chi connectivity index (χ4n) is 2.35. The van der Waals surface area contributed by atoms with Gasteiger partial charge in [0, 0.05) is 11.4 Å². The van der Waals surface area contributed by atoms with Gasteiger partial charge < -0.3 is 10.1 Å². The molecule has 2 atom stereocenters. The molecule has 10 heteroatoms. The lowest BCUT2D eigenvalue weighted by Crippen LogP contribution is -2.47. The van der Waals surface area contributed by atoms with Gasteiger partial charge in [0.2, 0.25) is 10.0 Å². The summed E-state index contributed by atoms with van der Waals surface area (Å²) in [6, 6.07) is -0.570. The Morgan fingerprint density at radius 1 is 1.43 bits per heavy atom. The number of ether oxygens (including phenoxy) is 1. The van der Waals surface area contributed by atoms with Crippen LogP contribution >= 0.6 is 0 Å². The Hall–Kier alpha value is -1.81. The van der Waals surface area contributed by atoms with E-state index in [2.05, 4.69) is 10.0 Å². The van der Waals surface area contributed by atoms with E-state index in [1.807, 2.05) is 0 Å². The summed E-state index contributed by atoms with van der Waals surface area (Å²) in [5.74, 6) is -0.519. The fourth-order valence-corrected chi connectivity index (χ4v) is 4.52. The zero-order valence-electron chi connectivity index (χ0n) is 12.6. The molecule has 2 rings (SSSR count). The van der Waals surface area contributed by atoms with Crippen molar-refractivity contribution in [2.45, 2.75) is 24.6 Å². The Labute approximate surface area is 135 Å². The van der Waals surface area contributed by atoms with Gasteiger partial charge in [-0.3, -0.25) is 9.52 Å². The molecule has 1 heterocycles. The molecular weight excluding hydrogens is 344 g/mol. The molecule has 0 saturated heterocycles. The summed E-state index contributed by atoms with van der Waals surface area (Å²) in [6.07, 6.45) is 5.19. The maximum absolute atomic E-state index is 12.4. The number of hydrogen-bond donors (Lipinski definition) is 2. The number of allylic oxidation sites excluding steroid dienone is 1. The summed E-state index contributed by atoms with van der Waals surface area (Å²) in [5.41, 5.74) is 0.448. The Bertz CT molecular complexity index is 792. The molecule has 2 N–H and O–H groups in total. The molecule has 0 aromatic carbocycles. The Kier molecular flexibility index (Phi) is 4.85. The van der Waals surface area contributed by atoms with Gasteiger partial charge in [-0.15, -0.1) is 0 Å². The van der Waals surface area contributed by atoms with Crippen LogP contribution < -0.4 is 10.0 Å². The predicted octanol–water partition coefficient (Wildman–Crippen LogP) is -0.461. The molecule has 1 aliphatic carbocycles. The van der Waals surface area contributed by atoms with E-state index >= 15 is 0 Å². The number of nitrogens with one attached hydrogen (secondary N) is 2. The number of carbonyl (C=O) groups excluding carboxylic acids is 1. The van der Waals surface area contributed by atoms with Gasteiger partial charge in [-0.2, -0.15) is 0 Å². The SMILES string of the molecule is CCOC(=O)CC1=CS(=O)(=O)C2C=C(NS(C)(=O)=O)C=CC2N1. The van der Waals surface area contributed by atoms with Crippen LogP contribution in [-0.2, 0) is 29.4 Å². The highest BCUT2D eigenvalue weighted by molar-refractivity contribution is 7.95. The summed E-state index contributed by atoms with van der Waals surface area (Å²) < 4.78 is 54.2. The van der Waals surface area contributed by atoms with Crippen LogP contribution in [0.25, 0.3) is 0 Å². The Morgan fingerprint density at radius 3 is 2.74 bits per heavy atom. The second-order valence-electron chi connectivity index (χ2n) is 5.20. The highest BCUT2D eigenvalue weighted by atomic mass is 32.2. The molecule has 0 aromatic heterocycles. The average molecular weight is 362 g/mol. The molecule has 23 heavy (non-hydrogen) atoms. The molecule has 0 spiro atoms. The molecule has 2 aliphatic rings. The lowest BCUT2D eigenvalue weighted by Gasteiger charge is -2.31. The second kappa shape index (κ2) is 6.36. The highest BCUT2D eigenvalue weighted by Crippen LogP contribution is 2.25. The first-order chi connectivity index (χ1) is 10.6. The minimum absolute atomic E-state index is 0.164. The lowest BCUT2D eigenvalue weighted by atomic mass is 10.1. The van der Waals surface area contributed by atoms with Gasteiger partial charge in [0.1, 0.15) is 5.25 Å². The van der Waals surface area contributed by atoms with Gasteiger partial charge in [0.15, 0.2) is 9.84 Å². The molecule has 0 fully saturated rings. The zero-order chi connectivity index (χ0) is 17.3. The smallest absolute Gasteiger partial charge is 0.311 e.